The minimum absolute atomic E-state index is 0.246. The molecule has 4 atom stereocenters. The summed E-state index contributed by atoms with van der Waals surface area (Å²) in [6.07, 6.45) is 7.95. The van der Waals surface area contributed by atoms with E-state index < -0.39 is 0 Å². The Labute approximate surface area is 109 Å². The molecule has 1 N–H and O–H groups in total. The van der Waals surface area contributed by atoms with E-state index in [2.05, 4.69) is 24.0 Å². The van der Waals surface area contributed by atoms with E-state index >= 15 is 0 Å². The molecule has 2 heterocycles. The molecule has 1 spiro atoms. The van der Waals surface area contributed by atoms with E-state index in [1.165, 1.54) is 50.0 Å². The van der Waals surface area contributed by atoms with Gasteiger partial charge >= 0.3 is 0 Å². The zero-order valence-corrected chi connectivity index (χ0v) is 11.7. The minimum atomic E-state index is 0.246. The van der Waals surface area contributed by atoms with E-state index in [9.17, 15) is 0 Å². The third-order valence-electron chi connectivity index (χ3n) is 4.59. The average molecular weight is 255 g/mol. The van der Waals surface area contributed by atoms with E-state index in [-0.39, 0.29) is 5.60 Å². The maximum Gasteiger partial charge on any atom is 0.0795 e. The molecule has 0 aromatic heterocycles. The van der Waals surface area contributed by atoms with E-state index in [1.807, 2.05) is 0 Å². The fourth-order valence-electron chi connectivity index (χ4n) is 3.48. The number of hydrogen-bond acceptors (Lipinski definition) is 3. The van der Waals surface area contributed by atoms with Crippen molar-refractivity contribution < 1.29 is 4.74 Å². The molecule has 0 bridgehead atoms. The van der Waals surface area contributed by atoms with Gasteiger partial charge in [-0.05, 0) is 43.8 Å². The monoisotopic (exact) mass is 255 g/mol. The van der Waals surface area contributed by atoms with Gasteiger partial charge in [0, 0.05) is 24.4 Å². The highest BCUT2D eigenvalue weighted by molar-refractivity contribution is 7.99. The van der Waals surface area contributed by atoms with Crippen molar-refractivity contribution in [3.63, 3.8) is 0 Å². The first-order valence-corrected chi connectivity index (χ1v) is 8.44. The van der Waals surface area contributed by atoms with Gasteiger partial charge in [0.25, 0.3) is 0 Å². The maximum atomic E-state index is 6.07. The zero-order valence-electron chi connectivity index (χ0n) is 10.9. The molecular weight excluding hydrogens is 230 g/mol. The van der Waals surface area contributed by atoms with Gasteiger partial charge in [0.15, 0.2) is 0 Å². The Balaban J connectivity index is 1.48. The van der Waals surface area contributed by atoms with Crippen LogP contribution in [0.15, 0.2) is 0 Å². The molecule has 3 fully saturated rings. The molecule has 0 amide bonds. The van der Waals surface area contributed by atoms with Crippen molar-refractivity contribution in [2.24, 2.45) is 5.92 Å². The highest BCUT2D eigenvalue weighted by Gasteiger charge is 2.43. The molecule has 4 unspecified atom stereocenters. The van der Waals surface area contributed by atoms with Crippen LogP contribution in [0.4, 0.5) is 0 Å². The van der Waals surface area contributed by atoms with Gasteiger partial charge in [-0.1, -0.05) is 13.3 Å². The van der Waals surface area contributed by atoms with E-state index in [0.717, 1.165) is 24.6 Å². The van der Waals surface area contributed by atoms with Crippen LogP contribution in [-0.4, -0.2) is 35.8 Å². The standard InChI is InChI=1S/C14H25NOS/c1-2-3-11-8-13(11)15-12-4-6-16-14(9-12)5-7-17-10-14/h11-13,15H,2-10H2,1H3. The molecule has 3 heteroatoms. The van der Waals surface area contributed by atoms with Gasteiger partial charge in [0.05, 0.1) is 5.60 Å². The summed E-state index contributed by atoms with van der Waals surface area (Å²) in [7, 11) is 0. The number of hydrogen-bond donors (Lipinski definition) is 1. The first-order chi connectivity index (χ1) is 8.31. The fraction of sp³-hybridized carbons (Fsp3) is 1.00. The predicted molar refractivity (Wildman–Crippen MR) is 73.6 cm³/mol. The van der Waals surface area contributed by atoms with Gasteiger partial charge < -0.3 is 10.1 Å². The average Bonchev–Trinajstić information content (AvgIpc) is 2.87. The molecule has 1 aliphatic carbocycles. The normalized spacial score (nSPS) is 45.4. The molecule has 98 valence electrons. The van der Waals surface area contributed by atoms with Crippen LogP contribution < -0.4 is 5.32 Å². The van der Waals surface area contributed by atoms with Gasteiger partial charge in [0.1, 0.15) is 0 Å². The van der Waals surface area contributed by atoms with Crippen LogP contribution in [0.3, 0.4) is 0 Å². The van der Waals surface area contributed by atoms with Gasteiger partial charge in [0.2, 0.25) is 0 Å². The van der Waals surface area contributed by atoms with E-state index in [1.54, 1.807) is 0 Å². The molecule has 2 saturated heterocycles. The topological polar surface area (TPSA) is 21.3 Å². The highest BCUT2D eigenvalue weighted by Crippen LogP contribution is 2.40. The summed E-state index contributed by atoms with van der Waals surface area (Å²) in [5.74, 6) is 3.51. The third-order valence-corrected chi connectivity index (χ3v) is 5.81. The number of thioether (sulfide) groups is 1. The van der Waals surface area contributed by atoms with Crippen LogP contribution >= 0.6 is 11.8 Å². The van der Waals surface area contributed by atoms with Crippen molar-refractivity contribution in [1.29, 1.82) is 0 Å². The molecule has 1 saturated carbocycles. The Hall–Kier alpha value is 0.270. The van der Waals surface area contributed by atoms with Crippen LogP contribution in [0.5, 0.6) is 0 Å². The molecular formula is C14H25NOS. The second kappa shape index (κ2) is 5.10. The molecule has 17 heavy (non-hydrogen) atoms. The van der Waals surface area contributed by atoms with Crippen molar-refractivity contribution in [1.82, 2.24) is 5.32 Å². The van der Waals surface area contributed by atoms with Crippen LogP contribution in [-0.2, 0) is 4.74 Å². The molecule has 0 radical (unpaired) electrons. The van der Waals surface area contributed by atoms with Crippen molar-refractivity contribution in [3.8, 4) is 0 Å². The Morgan fingerprint density at radius 1 is 1.47 bits per heavy atom. The second-order valence-corrected chi connectivity index (χ2v) is 7.19. The quantitative estimate of drug-likeness (QED) is 0.834. The summed E-state index contributed by atoms with van der Waals surface area (Å²) in [5, 5.41) is 3.89. The molecule has 0 aromatic carbocycles. The Morgan fingerprint density at radius 3 is 3.18 bits per heavy atom. The smallest absolute Gasteiger partial charge is 0.0795 e. The first-order valence-electron chi connectivity index (χ1n) is 7.29. The molecule has 3 rings (SSSR count). The second-order valence-electron chi connectivity index (χ2n) is 6.08. The number of rotatable bonds is 4. The maximum absolute atomic E-state index is 6.07. The summed E-state index contributed by atoms with van der Waals surface area (Å²) in [6.45, 7) is 3.28. The van der Waals surface area contributed by atoms with Crippen LogP contribution in [0.2, 0.25) is 0 Å². The molecule has 0 aromatic rings. The number of ether oxygens (including phenoxy) is 1. The fourth-order valence-corrected chi connectivity index (χ4v) is 4.86. The van der Waals surface area contributed by atoms with Gasteiger partial charge in [-0.2, -0.15) is 11.8 Å². The lowest BCUT2D eigenvalue weighted by Gasteiger charge is -2.38. The van der Waals surface area contributed by atoms with Crippen LogP contribution in [0.1, 0.15) is 45.4 Å². The molecule has 3 aliphatic rings. The summed E-state index contributed by atoms with van der Waals surface area (Å²) >= 11 is 2.07. The third kappa shape index (κ3) is 2.82. The minimum Gasteiger partial charge on any atom is -0.374 e. The van der Waals surface area contributed by atoms with Gasteiger partial charge in [-0.25, -0.2) is 0 Å². The van der Waals surface area contributed by atoms with E-state index in [4.69, 9.17) is 4.74 Å². The lowest BCUT2D eigenvalue weighted by molar-refractivity contribution is -0.0704. The van der Waals surface area contributed by atoms with Crippen LogP contribution in [0.25, 0.3) is 0 Å². The van der Waals surface area contributed by atoms with Crippen LogP contribution in [0, 0.1) is 5.92 Å². The number of nitrogens with one attached hydrogen (secondary N) is 1. The molecule has 2 nitrogen and oxygen atoms in total. The van der Waals surface area contributed by atoms with Crippen molar-refractivity contribution >= 4 is 11.8 Å². The largest absolute Gasteiger partial charge is 0.374 e. The Bertz CT molecular complexity index is 265. The lowest BCUT2D eigenvalue weighted by Crippen LogP contribution is -2.48. The van der Waals surface area contributed by atoms with E-state index in [0.29, 0.717) is 0 Å². The first kappa shape index (κ1) is 12.3. The van der Waals surface area contributed by atoms with Gasteiger partial charge in [-0.3, -0.25) is 0 Å². The summed E-state index contributed by atoms with van der Waals surface area (Å²) < 4.78 is 6.07. The Morgan fingerprint density at radius 2 is 2.41 bits per heavy atom. The van der Waals surface area contributed by atoms with Gasteiger partial charge in [-0.15, -0.1) is 0 Å². The summed E-state index contributed by atoms with van der Waals surface area (Å²) in [4.78, 5) is 0. The zero-order chi connectivity index (χ0) is 11.7. The highest BCUT2D eigenvalue weighted by atomic mass is 32.2. The SMILES string of the molecule is CCCC1CC1NC1CCOC2(CCSC2)C1. The Kier molecular flexibility index (Phi) is 3.69. The lowest BCUT2D eigenvalue weighted by atomic mass is 9.90. The summed E-state index contributed by atoms with van der Waals surface area (Å²) in [6, 6.07) is 1.57. The summed E-state index contributed by atoms with van der Waals surface area (Å²) in [5.41, 5.74) is 0.246. The predicted octanol–water partition coefficient (Wildman–Crippen LogP) is 2.82. The van der Waals surface area contributed by atoms with Crippen molar-refractivity contribution in [3.05, 3.63) is 0 Å². The molecule has 2 aliphatic heterocycles. The van der Waals surface area contributed by atoms with Crippen molar-refractivity contribution in [2.75, 3.05) is 18.1 Å². The van der Waals surface area contributed by atoms with Crippen molar-refractivity contribution in [2.45, 2.75) is 63.1 Å².